The van der Waals surface area contributed by atoms with Crippen molar-refractivity contribution in [2.45, 2.75) is 30.3 Å². The molecule has 0 saturated carbocycles. The number of nitrogens with one attached hydrogen (secondary N) is 1. The van der Waals surface area contributed by atoms with E-state index in [1.54, 1.807) is 28.8 Å². The van der Waals surface area contributed by atoms with Gasteiger partial charge in [0.1, 0.15) is 0 Å². The van der Waals surface area contributed by atoms with Crippen LogP contribution in [0.1, 0.15) is 13.3 Å². The number of ether oxygens (including phenoxy) is 3. The summed E-state index contributed by atoms with van der Waals surface area (Å²) in [5.41, 5.74) is 1.18. The number of hydrogen-bond donors (Lipinski definition) is 1. The highest BCUT2D eigenvalue weighted by atomic mass is 32.2. The van der Waals surface area contributed by atoms with Crippen molar-refractivity contribution in [2.24, 2.45) is 0 Å². The zero-order chi connectivity index (χ0) is 24.2. The first-order valence-electron chi connectivity index (χ1n) is 11.8. The van der Waals surface area contributed by atoms with Crippen LogP contribution >= 0.6 is 11.8 Å². The molecule has 35 heavy (non-hydrogen) atoms. The van der Waals surface area contributed by atoms with Gasteiger partial charge in [-0.3, -0.25) is 19.1 Å². The fraction of sp³-hybridized carbons (Fsp3) is 0.400. The second kappa shape index (κ2) is 10.7. The molecule has 3 aromatic rings. The molecule has 2 aliphatic heterocycles. The Labute approximate surface area is 207 Å². The molecule has 184 valence electrons. The van der Waals surface area contributed by atoms with Crippen LogP contribution in [0.5, 0.6) is 11.5 Å². The van der Waals surface area contributed by atoms with Gasteiger partial charge in [-0.15, -0.1) is 0 Å². The van der Waals surface area contributed by atoms with Crippen LogP contribution in [0, 0.1) is 0 Å². The summed E-state index contributed by atoms with van der Waals surface area (Å²) in [5.74, 6) is 1.08. The summed E-state index contributed by atoms with van der Waals surface area (Å²) in [6.45, 7) is 6.71. The Hall–Kier alpha value is -3.08. The van der Waals surface area contributed by atoms with Crippen LogP contribution < -0.4 is 20.3 Å². The van der Waals surface area contributed by atoms with Gasteiger partial charge >= 0.3 is 0 Å². The Morgan fingerprint density at radius 3 is 2.77 bits per heavy atom. The highest BCUT2D eigenvalue weighted by Gasteiger charge is 2.21. The molecule has 10 heteroatoms. The van der Waals surface area contributed by atoms with Crippen molar-refractivity contribution in [1.29, 1.82) is 0 Å². The Morgan fingerprint density at radius 2 is 1.91 bits per heavy atom. The molecule has 2 aliphatic rings. The maximum atomic E-state index is 13.3. The number of thioether (sulfide) groups is 1. The number of morpholine rings is 1. The Kier molecular flexibility index (Phi) is 7.21. The number of amides is 1. The van der Waals surface area contributed by atoms with Gasteiger partial charge in [-0.2, -0.15) is 0 Å². The van der Waals surface area contributed by atoms with Crippen molar-refractivity contribution in [1.82, 2.24) is 14.5 Å². The van der Waals surface area contributed by atoms with E-state index in [0.29, 0.717) is 39.8 Å². The largest absolute Gasteiger partial charge is 0.454 e. The van der Waals surface area contributed by atoms with E-state index < -0.39 is 5.25 Å². The highest BCUT2D eigenvalue weighted by molar-refractivity contribution is 8.00. The maximum absolute atomic E-state index is 13.3. The average Bonchev–Trinajstić information content (AvgIpc) is 3.34. The first-order valence-corrected chi connectivity index (χ1v) is 12.6. The van der Waals surface area contributed by atoms with Crippen LogP contribution in [0.3, 0.4) is 0 Å². The second-order valence-electron chi connectivity index (χ2n) is 8.49. The standard InChI is InChI=1S/C25H28N4O5S/c1-17(23(30)26-18-7-8-21-22(15-18)34-16-33-21)35-25-27-20-6-3-2-5-19(20)24(31)29(25)10-4-9-28-11-13-32-14-12-28/h2-3,5-8,15,17H,4,9-14,16H2,1H3,(H,26,30)/t17-/m0/s1. The predicted molar refractivity (Wildman–Crippen MR) is 134 cm³/mol. The Balaban J connectivity index is 1.32. The molecule has 1 N–H and O–H groups in total. The van der Waals surface area contributed by atoms with Crippen LogP contribution in [0.2, 0.25) is 0 Å². The van der Waals surface area contributed by atoms with Crippen LogP contribution in [-0.2, 0) is 16.1 Å². The summed E-state index contributed by atoms with van der Waals surface area (Å²) >= 11 is 1.29. The van der Waals surface area contributed by atoms with Gasteiger partial charge in [0.25, 0.3) is 5.56 Å². The minimum atomic E-state index is -0.473. The first kappa shape index (κ1) is 23.7. The molecule has 1 saturated heterocycles. The number of aromatic nitrogens is 2. The van der Waals surface area contributed by atoms with E-state index >= 15 is 0 Å². The lowest BCUT2D eigenvalue weighted by Crippen LogP contribution is -2.37. The van der Waals surface area contributed by atoms with Crippen molar-refractivity contribution in [2.75, 3.05) is 45.0 Å². The van der Waals surface area contributed by atoms with E-state index in [1.807, 2.05) is 25.1 Å². The normalized spacial score (nSPS) is 16.4. The summed E-state index contributed by atoms with van der Waals surface area (Å²) in [7, 11) is 0. The van der Waals surface area contributed by atoms with Gasteiger partial charge in [0.15, 0.2) is 16.7 Å². The molecule has 0 aliphatic carbocycles. The molecule has 2 aromatic carbocycles. The van der Waals surface area contributed by atoms with Gasteiger partial charge in [-0.1, -0.05) is 23.9 Å². The highest BCUT2D eigenvalue weighted by Crippen LogP contribution is 2.34. The summed E-state index contributed by atoms with van der Waals surface area (Å²) in [4.78, 5) is 33.4. The molecular formula is C25H28N4O5S. The number of nitrogens with zero attached hydrogens (tertiary/aromatic N) is 3. The lowest BCUT2D eigenvalue weighted by atomic mass is 10.2. The molecule has 0 bridgehead atoms. The third-order valence-corrected chi connectivity index (χ3v) is 7.17. The molecule has 0 radical (unpaired) electrons. The monoisotopic (exact) mass is 496 g/mol. The van der Waals surface area contributed by atoms with Crippen LogP contribution in [0.4, 0.5) is 5.69 Å². The van der Waals surface area contributed by atoms with Gasteiger partial charge in [-0.05, 0) is 37.6 Å². The van der Waals surface area contributed by atoms with Crippen LogP contribution in [0.25, 0.3) is 10.9 Å². The molecule has 0 spiro atoms. The molecule has 0 unspecified atom stereocenters. The average molecular weight is 497 g/mol. The number of fused-ring (bicyclic) bond motifs is 2. The quantitative estimate of drug-likeness (QED) is 0.376. The van der Waals surface area contributed by atoms with E-state index in [-0.39, 0.29) is 18.3 Å². The van der Waals surface area contributed by atoms with Gasteiger partial charge < -0.3 is 19.5 Å². The van der Waals surface area contributed by atoms with Gasteiger partial charge in [-0.25, -0.2) is 4.98 Å². The fourth-order valence-corrected chi connectivity index (χ4v) is 5.08. The molecule has 1 fully saturated rings. The van der Waals surface area contributed by atoms with E-state index in [0.717, 1.165) is 39.3 Å². The fourth-order valence-electron chi connectivity index (χ4n) is 4.14. The molecule has 3 heterocycles. The minimum Gasteiger partial charge on any atom is -0.454 e. The van der Waals surface area contributed by atoms with Crippen LogP contribution in [-0.4, -0.2) is 65.2 Å². The number of carbonyl (C=O) groups is 1. The summed E-state index contributed by atoms with van der Waals surface area (Å²) in [6.07, 6.45) is 0.811. The van der Waals surface area contributed by atoms with Crippen molar-refractivity contribution >= 4 is 34.3 Å². The molecule has 1 atom stereocenters. The van der Waals surface area contributed by atoms with Crippen molar-refractivity contribution in [3.8, 4) is 11.5 Å². The molecule has 1 amide bonds. The summed E-state index contributed by atoms with van der Waals surface area (Å²) < 4.78 is 17.8. The molecule has 1 aromatic heterocycles. The topological polar surface area (TPSA) is 94.9 Å². The summed E-state index contributed by atoms with van der Waals surface area (Å²) in [6, 6.07) is 12.6. The van der Waals surface area contributed by atoms with E-state index in [9.17, 15) is 9.59 Å². The minimum absolute atomic E-state index is 0.0801. The Morgan fingerprint density at radius 1 is 1.11 bits per heavy atom. The van der Waals surface area contributed by atoms with Gasteiger partial charge in [0.05, 0.1) is 29.4 Å². The van der Waals surface area contributed by atoms with Crippen molar-refractivity contribution < 1.29 is 19.0 Å². The predicted octanol–water partition coefficient (Wildman–Crippen LogP) is 2.97. The number of rotatable bonds is 8. The molecule has 9 nitrogen and oxygen atoms in total. The van der Waals surface area contributed by atoms with E-state index in [2.05, 4.69) is 10.2 Å². The number of benzene rings is 2. The van der Waals surface area contributed by atoms with Crippen LogP contribution in [0.15, 0.2) is 52.4 Å². The summed E-state index contributed by atoms with van der Waals surface area (Å²) in [5, 5.41) is 3.58. The van der Waals surface area contributed by atoms with Crippen molar-refractivity contribution in [3.05, 3.63) is 52.8 Å². The number of para-hydroxylation sites is 1. The third-order valence-electron chi connectivity index (χ3n) is 6.08. The lowest BCUT2D eigenvalue weighted by Gasteiger charge is -2.26. The van der Waals surface area contributed by atoms with E-state index in [4.69, 9.17) is 19.2 Å². The maximum Gasteiger partial charge on any atom is 0.262 e. The van der Waals surface area contributed by atoms with Gasteiger partial charge in [0, 0.05) is 37.9 Å². The second-order valence-corrected chi connectivity index (χ2v) is 9.80. The zero-order valence-electron chi connectivity index (χ0n) is 19.6. The number of hydrogen-bond acceptors (Lipinski definition) is 8. The first-order chi connectivity index (χ1) is 17.1. The zero-order valence-corrected chi connectivity index (χ0v) is 20.4. The van der Waals surface area contributed by atoms with Gasteiger partial charge in [0.2, 0.25) is 12.7 Å². The van der Waals surface area contributed by atoms with E-state index in [1.165, 1.54) is 11.8 Å². The third kappa shape index (κ3) is 5.44. The Bertz CT molecular complexity index is 1270. The SMILES string of the molecule is C[C@H](Sc1nc2ccccc2c(=O)n1CCCN1CCOCC1)C(=O)Nc1ccc2c(c1)OCO2. The molecule has 5 rings (SSSR count). The molecular weight excluding hydrogens is 468 g/mol. The number of carbonyl (C=O) groups excluding carboxylic acids is 1. The number of anilines is 1. The lowest BCUT2D eigenvalue weighted by molar-refractivity contribution is -0.115. The van der Waals surface area contributed by atoms with Crippen molar-refractivity contribution in [3.63, 3.8) is 0 Å². The smallest absolute Gasteiger partial charge is 0.262 e.